The number of carboxylic acids is 1. The van der Waals surface area contributed by atoms with Crippen molar-refractivity contribution >= 4 is 61.2 Å². The van der Waals surface area contributed by atoms with Crippen LogP contribution in [-0.2, 0) is 24.0 Å². The van der Waals surface area contributed by atoms with Crippen LogP contribution in [0.15, 0.2) is 0 Å². The molecule has 0 aromatic rings. The van der Waals surface area contributed by atoms with Gasteiger partial charge in [-0.3, -0.25) is 19.2 Å². The fourth-order valence-electron chi connectivity index (χ4n) is 3.82. The summed E-state index contributed by atoms with van der Waals surface area (Å²) in [6.45, 7) is 12.5. The highest BCUT2D eigenvalue weighted by Gasteiger charge is 2.38. The smallest absolute Gasteiger partial charge is 0.475 e. The van der Waals surface area contributed by atoms with Crippen LogP contribution in [0.25, 0.3) is 0 Å². The zero-order valence-corrected chi connectivity index (χ0v) is 29.3. The number of hydrogen-bond acceptors (Lipinski definition) is 6. The third-order valence-electron chi connectivity index (χ3n) is 5.92. The number of carbonyl (C=O) groups is 5. The molecule has 0 saturated carbocycles. The lowest BCUT2D eigenvalue weighted by Gasteiger charge is -2.16. The van der Waals surface area contributed by atoms with Crippen molar-refractivity contribution in [1.29, 1.82) is 0 Å². The van der Waals surface area contributed by atoms with E-state index in [9.17, 15) is 32.3 Å². The van der Waals surface area contributed by atoms with Gasteiger partial charge in [-0.25, -0.2) is 4.79 Å². The lowest BCUT2D eigenvalue weighted by Crippen LogP contribution is -2.29. The number of carbonyl (C=O) groups excluding carboxylic acids is 4. The van der Waals surface area contributed by atoms with E-state index in [0.29, 0.717) is 80.2 Å². The average molecular weight is 756 g/mol. The molecule has 0 saturated heterocycles. The standard InChI is InChI=1S/C14H26BrNO2.C13H25BrN2O2.C2HF3O2/c1-4-12(8-11(2)3)9-14(18)16-7-5-6-13(17)10-15;1-10(2)6-11(9-15)7-13(18)16-5-3-4-12(17)8-14;3-2(4,5)1(6)7/h11-12H,4-10H2,1-3H3,(H,16,18);10-11H,3-9,15H2,1-2H3,(H,16,18);(H,6,7)/t12-;11-;/m00./s1. The molecule has 254 valence electrons. The van der Waals surface area contributed by atoms with Gasteiger partial charge in [0.15, 0.2) is 0 Å². The Labute approximate surface area is 271 Å². The molecule has 0 aliphatic heterocycles. The van der Waals surface area contributed by atoms with E-state index in [1.54, 1.807) is 0 Å². The summed E-state index contributed by atoms with van der Waals surface area (Å²) in [4.78, 5) is 54.3. The second-order valence-electron chi connectivity index (χ2n) is 11.1. The average Bonchev–Trinajstić information content (AvgIpc) is 2.91. The molecule has 0 aromatic carbocycles. The van der Waals surface area contributed by atoms with Crippen LogP contribution in [0.5, 0.6) is 0 Å². The largest absolute Gasteiger partial charge is 0.490 e. The minimum absolute atomic E-state index is 0.0393. The number of amides is 2. The highest BCUT2D eigenvalue weighted by atomic mass is 79.9. The summed E-state index contributed by atoms with van der Waals surface area (Å²) in [5.74, 6) is -0.302. The first-order chi connectivity index (χ1) is 19.9. The molecule has 2 amide bonds. The van der Waals surface area contributed by atoms with Crippen LogP contribution in [-0.4, -0.2) is 70.9 Å². The molecule has 0 fully saturated rings. The van der Waals surface area contributed by atoms with Gasteiger partial charge < -0.3 is 21.5 Å². The van der Waals surface area contributed by atoms with Gasteiger partial charge in [-0.2, -0.15) is 13.2 Å². The van der Waals surface area contributed by atoms with Crippen LogP contribution in [0, 0.1) is 23.7 Å². The molecule has 0 heterocycles. The molecule has 0 unspecified atom stereocenters. The SMILES string of the molecule is CC(C)C[C@H](CN)CC(=O)NCCCC(=O)CBr.CC[C@H](CC(=O)NCCCC(=O)CBr)CC(C)C.O=C(O)C(F)(F)F. The van der Waals surface area contributed by atoms with Crippen molar-refractivity contribution in [1.82, 2.24) is 10.6 Å². The van der Waals surface area contributed by atoms with Crippen molar-refractivity contribution in [2.75, 3.05) is 30.3 Å². The van der Waals surface area contributed by atoms with Crippen molar-refractivity contribution in [3.05, 3.63) is 0 Å². The van der Waals surface area contributed by atoms with E-state index in [1.165, 1.54) is 0 Å². The van der Waals surface area contributed by atoms with Crippen LogP contribution in [0.3, 0.4) is 0 Å². The molecular weight excluding hydrogens is 703 g/mol. The van der Waals surface area contributed by atoms with Crippen LogP contribution < -0.4 is 16.4 Å². The van der Waals surface area contributed by atoms with Crippen molar-refractivity contribution < 1.29 is 42.3 Å². The summed E-state index contributed by atoms with van der Waals surface area (Å²) in [5.41, 5.74) is 5.65. The Kier molecular flexibility index (Phi) is 29.8. The predicted molar refractivity (Wildman–Crippen MR) is 170 cm³/mol. The minimum Gasteiger partial charge on any atom is -0.475 e. The maximum atomic E-state index is 11.7. The molecule has 0 aliphatic carbocycles. The summed E-state index contributed by atoms with van der Waals surface area (Å²) < 4.78 is 31.7. The van der Waals surface area contributed by atoms with Gasteiger partial charge >= 0.3 is 12.1 Å². The van der Waals surface area contributed by atoms with Crippen LogP contribution in [0.2, 0.25) is 0 Å². The van der Waals surface area contributed by atoms with E-state index < -0.39 is 12.1 Å². The van der Waals surface area contributed by atoms with Gasteiger partial charge in [-0.15, -0.1) is 0 Å². The number of alkyl halides is 5. The highest BCUT2D eigenvalue weighted by molar-refractivity contribution is 9.09. The first kappa shape index (κ1) is 45.9. The number of aliphatic carboxylic acids is 1. The Balaban J connectivity index is -0.000000611. The molecule has 5 N–H and O–H groups in total. The molecule has 0 aliphatic rings. The van der Waals surface area contributed by atoms with Crippen LogP contribution in [0.4, 0.5) is 13.2 Å². The van der Waals surface area contributed by atoms with E-state index in [4.69, 9.17) is 15.6 Å². The van der Waals surface area contributed by atoms with E-state index in [-0.39, 0.29) is 29.3 Å². The summed E-state index contributed by atoms with van der Waals surface area (Å²) in [6.07, 6.45) is 1.63. The number of nitrogens with two attached hydrogens (primary N) is 1. The second-order valence-corrected chi connectivity index (χ2v) is 12.2. The highest BCUT2D eigenvalue weighted by Crippen LogP contribution is 2.18. The molecule has 0 radical (unpaired) electrons. The van der Waals surface area contributed by atoms with Gasteiger partial charge in [0.25, 0.3) is 0 Å². The summed E-state index contributed by atoms with van der Waals surface area (Å²) >= 11 is 6.23. The van der Waals surface area contributed by atoms with Crippen LogP contribution in [0.1, 0.15) is 92.4 Å². The Bertz CT molecular complexity index is 748. The maximum Gasteiger partial charge on any atom is 0.490 e. The van der Waals surface area contributed by atoms with E-state index in [0.717, 1.165) is 25.7 Å². The molecule has 43 heavy (non-hydrogen) atoms. The molecule has 9 nitrogen and oxygen atoms in total. The lowest BCUT2D eigenvalue weighted by molar-refractivity contribution is -0.192. The molecule has 2 atom stereocenters. The molecule has 0 bridgehead atoms. The van der Waals surface area contributed by atoms with E-state index in [2.05, 4.69) is 77.1 Å². The number of carboxylic acid groups (broad SMARTS) is 1. The predicted octanol–water partition coefficient (Wildman–Crippen LogP) is 5.80. The lowest BCUT2D eigenvalue weighted by atomic mass is 9.92. The van der Waals surface area contributed by atoms with E-state index in [1.807, 2.05) is 0 Å². The third-order valence-corrected chi connectivity index (χ3v) is 7.17. The quantitative estimate of drug-likeness (QED) is 0.0905. The molecule has 0 aromatic heterocycles. The van der Waals surface area contributed by atoms with Gasteiger partial charge in [0.2, 0.25) is 11.8 Å². The van der Waals surface area contributed by atoms with Gasteiger partial charge in [0.05, 0.1) is 10.7 Å². The van der Waals surface area contributed by atoms with Crippen molar-refractivity contribution in [2.24, 2.45) is 29.4 Å². The Morgan fingerprint density at radius 2 is 1.12 bits per heavy atom. The van der Waals surface area contributed by atoms with Crippen LogP contribution >= 0.6 is 31.9 Å². The topological polar surface area (TPSA) is 156 Å². The number of halogens is 5. The van der Waals surface area contributed by atoms with Gasteiger partial charge in [0.1, 0.15) is 11.6 Å². The Morgan fingerprint density at radius 3 is 1.40 bits per heavy atom. The third kappa shape index (κ3) is 33.2. The molecule has 0 rings (SSSR count). The van der Waals surface area contributed by atoms with E-state index >= 15 is 0 Å². The van der Waals surface area contributed by atoms with Crippen molar-refractivity contribution in [2.45, 2.75) is 98.6 Å². The summed E-state index contributed by atoms with van der Waals surface area (Å²) in [5, 5.41) is 13.7. The first-order valence-electron chi connectivity index (χ1n) is 14.6. The number of ketones is 2. The monoisotopic (exact) mass is 753 g/mol. The number of nitrogens with one attached hydrogen (secondary N) is 2. The summed E-state index contributed by atoms with van der Waals surface area (Å²) in [7, 11) is 0. The first-order valence-corrected chi connectivity index (χ1v) is 16.9. The molecular formula is C29H52Br2F3N3O6. The maximum absolute atomic E-state index is 11.7. The van der Waals surface area contributed by atoms with Crippen molar-refractivity contribution in [3.63, 3.8) is 0 Å². The van der Waals surface area contributed by atoms with Gasteiger partial charge in [-0.05, 0) is 55.9 Å². The van der Waals surface area contributed by atoms with Gasteiger partial charge in [0, 0.05) is 38.8 Å². The summed E-state index contributed by atoms with van der Waals surface area (Å²) in [6, 6.07) is 0. The zero-order chi connectivity index (χ0) is 34.0. The second kappa shape index (κ2) is 28.0. The number of Topliss-reactive ketones (excluding diaryl/α,β-unsaturated/α-hetero) is 2. The number of rotatable bonds is 20. The zero-order valence-electron chi connectivity index (χ0n) is 26.2. The molecule has 14 heteroatoms. The van der Waals surface area contributed by atoms with Gasteiger partial charge in [-0.1, -0.05) is 72.9 Å². The molecule has 0 spiro atoms. The number of hydrogen-bond donors (Lipinski definition) is 4. The fraction of sp³-hybridized carbons (Fsp3) is 0.828. The normalized spacial score (nSPS) is 12.3. The van der Waals surface area contributed by atoms with Crippen molar-refractivity contribution in [3.8, 4) is 0 Å². The Hall–Kier alpha value is -1.54. The minimum atomic E-state index is -5.08. The fourth-order valence-corrected chi connectivity index (χ4v) is 4.38. The Morgan fingerprint density at radius 1 is 0.767 bits per heavy atom.